The molecule has 0 aliphatic carbocycles. The number of hydrogen-bond acceptors (Lipinski definition) is 6. The van der Waals surface area contributed by atoms with Crippen LogP contribution in [0.3, 0.4) is 0 Å². The minimum Gasteiger partial charge on any atom is -0.389 e. The highest BCUT2D eigenvalue weighted by Crippen LogP contribution is 1.87. The second-order valence-electron chi connectivity index (χ2n) is 3.57. The van der Waals surface area contributed by atoms with Crippen LogP contribution in [0.2, 0.25) is 0 Å². The highest BCUT2D eigenvalue weighted by Gasteiger charge is 2.03. The van der Waals surface area contributed by atoms with E-state index in [0.29, 0.717) is 39.5 Å². The Morgan fingerprint density at radius 1 is 0.875 bits per heavy atom. The Balaban J connectivity index is 3.15. The maximum absolute atomic E-state index is 9.29. The largest absolute Gasteiger partial charge is 0.389 e. The lowest BCUT2D eigenvalue weighted by atomic mass is 10.4. The van der Waals surface area contributed by atoms with Crippen LogP contribution >= 0.6 is 0 Å². The van der Waals surface area contributed by atoms with Crippen molar-refractivity contribution in [2.75, 3.05) is 53.6 Å². The third-order valence-corrected chi connectivity index (χ3v) is 1.87. The SMILES string of the molecule is CNCC(O)COCCOCC(O)CNC. The minimum atomic E-state index is -0.486. The lowest BCUT2D eigenvalue weighted by molar-refractivity contribution is -0.0155. The van der Waals surface area contributed by atoms with Crippen LogP contribution in [0.15, 0.2) is 0 Å². The zero-order valence-corrected chi connectivity index (χ0v) is 10.1. The van der Waals surface area contributed by atoms with E-state index in [9.17, 15) is 10.2 Å². The van der Waals surface area contributed by atoms with Gasteiger partial charge in [-0.05, 0) is 14.1 Å². The quantitative estimate of drug-likeness (QED) is 0.316. The van der Waals surface area contributed by atoms with Crippen molar-refractivity contribution in [2.45, 2.75) is 12.2 Å². The van der Waals surface area contributed by atoms with Crippen LogP contribution in [-0.2, 0) is 9.47 Å². The third-order valence-electron chi connectivity index (χ3n) is 1.87. The number of likely N-dealkylation sites (N-methyl/N-ethyl adjacent to an activating group) is 2. The Hall–Kier alpha value is -0.240. The fourth-order valence-electron chi connectivity index (χ4n) is 1.15. The van der Waals surface area contributed by atoms with Crippen molar-refractivity contribution in [3.8, 4) is 0 Å². The lowest BCUT2D eigenvalue weighted by Gasteiger charge is -2.12. The van der Waals surface area contributed by atoms with Gasteiger partial charge in [0.05, 0.1) is 38.6 Å². The van der Waals surface area contributed by atoms with Crippen molar-refractivity contribution in [3.63, 3.8) is 0 Å². The second kappa shape index (κ2) is 11.3. The molecule has 0 radical (unpaired) electrons. The molecule has 0 aromatic heterocycles. The summed E-state index contributed by atoms with van der Waals surface area (Å²) in [4.78, 5) is 0. The molecule has 0 aliphatic heterocycles. The molecule has 0 saturated heterocycles. The number of hydrogen-bond donors (Lipinski definition) is 4. The van der Waals surface area contributed by atoms with Gasteiger partial charge in [0.25, 0.3) is 0 Å². The van der Waals surface area contributed by atoms with Crippen molar-refractivity contribution >= 4 is 0 Å². The Morgan fingerprint density at radius 2 is 1.25 bits per heavy atom. The van der Waals surface area contributed by atoms with Crippen LogP contribution in [0.4, 0.5) is 0 Å². The van der Waals surface area contributed by atoms with Gasteiger partial charge in [0.1, 0.15) is 0 Å². The van der Waals surface area contributed by atoms with E-state index < -0.39 is 12.2 Å². The molecule has 0 aromatic carbocycles. The van der Waals surface area contributed by atoms with Crippen molar-refractivity contribution < 1.29 is 19.7 Å². The predicted molar refractivity (Wildman–Crippen MR) is 61.5 cm³/mol. The Labute approximate surface area is 96.9 Å². The first-order valence-electron chi connectivity index (χ1n) is 5.51. The van der Waals surface area contributed by atoms with Gasteiger partial charge in [-0.25, -0.2) is 0 Å². The molecule has 6 heteroatoms. The number of aliphatic hydroxyl groups excluding tert-OH is 2. The molecule has 4 N–H and O–H groups in total. The third kappa shape index (κ3) is 10.3. The van der Waals surface area contributed by atoms with Gasteiger partial charge in [0.15, 0.2) is 0 Å². The van der Waals surface area contributed by atoms with Crippen molar-refractivity contribution in [3.05, 3.63) is 0 Å². The summed E-state index contributed by atoms with van der Waals surface area (Å²) in [6, 6.07) is 0. The van der Waals surface area contributed by atoms with E-state index >= 15 is 0 Å². The van der Waals surface area contributed by atoms with E-state index in [1.54, 1.807) is 14.1 Å². The molecule has 0 fully saturated rings. The van der Waals surface area contributed by atoms with E-state index in [0.717, 1.165) is 0 Å². The summed E-state index contributed by atoms with van der Waals surface area (Å²) in [6.45, 7) is 2.47. The first kappa shape index (κ1) is 15.8. The van der Waals surface area contributed by atoms with Gasteiger partial charge in [0, 0.05) is 13.1 Å². The molecule has 98 valence electrons. The molecular weight excluding hydrogens is 212 g/mol. The van der Waals surface area contributed by atoms with Gasteiger partial charge < -0.3 is 30.3 Å². The summed E-state index contributed by atoms with van der Waals surface area (Å²) in [5, 5.41) is 24.3. The van der Waals surface area contributed by atoms with Gasteiger partial charge in [-0.3, -0.25) is 0 Å². The summed E-state index contributed by atoms with van der Waals surface area (Å²) in [7, 11) is 3.55. The number of ether oxygens (including phenoxy) is 2. The van der Waals surface area contributed by atoms with Gasteiger partial charge in [-0.2, -0.15) is 0 Å². The van der Waals surface area contributed by atoms with E-state index in [2.05, 4.69) is 10.6 Å². The molecule has 6 nitrogen and oxygen atoms in total. The first-order chi connectivity index (χ1) is 7.70. The smallest absolute Gasteiger partial charge is 0.0897 e. The highest BCUT2D eigenvalue weighted by molar-refractivity contribution is 4.56. The Kier molecular flexibility index (Phi) is 11.1. The molecule has 0 saturated carbocycles. The fourth-order valence-corrected chi connectivity index (χ4v) is 1.15. The van der Waals surface area contributed by atoms with Crippen LogP contribution in [-0.4, -0.2) is 76.0 Å². The van der Waals surface area contributed by atoms with Gasteiger partial charge >= 0.3 is 0 Å². The predicted octanol–water partition coefficient (Wildman–Crippen LogP) is -1.82. The molecule has 0 amide bonds. The maximum Gasteiger partial charge on any atom is 0.0897 e. The standard InChI is InChI=1S/C10H24N2O4/c1-11-5-9(13)7-15-3-4-16-8-10(14)6-12-2/h9-14H,3-8H2,1-2H3. The lowest BCUT2D eigenvalue weighted by Crippen LogP contribution is -2.29. The second-order valence-corrected chi connectivity index (χ2v) is 3.57. The van der Waals surface area contributed by atoms with Crippen LogP contribution in [0, 0.1) is 0 Å². The van der Waals surface area contributed by atoms with Crippen LogP contribution in [0.1, 0.15) is 0 Å². The molecule has 0 heterocycles. The number of aliphatic hydroxyl groups is 2. The normalized spacial score (nSPS) is 15.0. The van der Waals surface area contributed by atoms with Gasteiger partial charge in [0.2, 0.25) is 0 Å². The summed E-state index contributed by atoms with van der Waals surface area (Å²) < 4.78 is 10.4. The average molecular weight is 236 g/mol. The Morgan fingerprint density at radius 3 is 1.56 bits per heavy atom. The first-order valence-corrected chi connectivity index (χ1v) is 5.51. The molecule has 2 atom stereocenters. The van der Waals surface area contributed by atoms with Crippen LogP contribution in [0.5, 0.6) is 0 Å². The van der Waals surface area contributed by atoms with Crippen molar-refractivity contribution in [1.82, 2.24) is 10.6 Å². The Bertz CT molecular complexity index is 133. The topological polar surface area (TPSA) is 83.0 Å². The summed E-state index contributed by atoms with van der Waals surface area (Å²) in [5.74, 6) is 0. The molecule has 0 aromatic rings. The van der Waals surface area contributed by atoms with Gasteiger partial charge in [-0.15, -0.1) is 0 Å². The molecule has 0 rings (SSSR count). The van der Waals surface area contributed by atoms with E-state index in [4.69, 9.17) is 9.47 Å². The fraction of sp³-hybridized carbons (Fsp3) is 1.00. The maximum atomic E-state index is 9.29. The highest BCUT2D eigenvalue weighted by atomic mass is 16.5. The molecule has 16 heavy (non-hydrogen) atoms. The van der Waals surface area contributed by atoms with Crippen molar-refractivity contribution in [1.29, 1.82) is 0 Å². The van der Waals surface area contributed by atoms with Gasteiger partial charge in [-0.1, -0.05) is 0 Å². The number of nitrogens with one attached hydrogen (secondary N) is 2. The summed E-state index contributed by atoms with van der Waals surface area (Å²) in [6.07, 6.45) is -0.972. The zero-order chi connectivity index (χ0) is 12.2. The van der Waals surface area contributed by atoms with Crippen LogP contribution in [0.25, 0.3) is 0 Å². The molecule has 0 spiro atoms. The summed E-state index contributed by atoms with van der Waals surface area (Å²) >= 11 is 0. The zero-order valence-electron chi connectivity index (χ0n) is 10.1. The number of rotatable bonds is 11. The van der Waals surface area contributed by atoms with Crippen molar-refractivity contribution in [2.24, 2.45) is 0 Å². The van der Waals surface area contributed by atoms with E-state index in [1.165, 1.54) is 0 Å². The summed E-state index contributed by atoms with van der Waals surface area (Å²) in [5.41, 5.74) is 0. The van der Waals surface area contributed by atoms with E-state index in [-0.39, 0.29) is 0 Å². The van der Waals surface area contributed by atoms with E-state index in [1.807, 2.05) is 0 Å². The average Bonchev–Trinajstić information content (AvgIpc) is 2.24. The molecule has 0 bridgehead atoms. The molecule has 2 unspecified atom stereocenters. The molecule has 0 aliphatic rings. The van der Waals surface area contributed by atoms with Crippen LogP contribution < -0.4 is 10.6 Å². The monoisotopic (exact) mass is 236 g/mol. The minimum absolute atomic E-state index is 0.295. The molecular formula is C10H24N2O4.